The van der Waals surface area contributed by atoms with E-state index >= 15 is 0 Å². The Bertz CT molecular complexity index is 681. The zero-order valence-corrected chi connectivity index (χ0v) is 18.1. The molecule has 3 rings (SSSR count). The number of nitrogens with zero attached hydrogens (tertiary/aromatic N) is 1. The molecule has 0 aliphatic heterocycles. The Labute approximate surface area is 163 Å². The number of fused-ring (bicyclic) bond motifs is 1. The van der Waals surface area contributed by atoms with E-state index < -0.39 is 16.1 Å². The van der Waals surface area contributed by atoms with Gasteiger partial charge in [0, 0.05) is 23.9 Å². The zero-order valence-electron chi connectivity index (χ0n) is 15.7. The second-order valence-corrected chi connectivity index (χ2v) is 11.1. The smallest absolute Gasteiger partial charge is 0.173 e. The molecule has 0 amide bonds. The highest BCUT2D eigenvalue weighted by Crippen LogP contribution is 2.53. The van der Waals surface area contributed by atoms with Crippen molar-refractivity contribution in [1.82, 2.24) is 0 Å². The molecule has 0 bridgehead atoms. The van der Waals surface area contributed by atoms with E-state index in [0.717, 1.165) is 35.7 Å². The first-order valence-corrected chi connectivity index (χ1v) is 10.8. The third-order valence-corrected chi connectivity index (χ3v) is 8.47. The average Bonchev–Trinajstić information content (AvgIpc) is 2.95. The topological polar surface area (TPSA) is 44.7 Å². The monoisotopic (exact) mass is 425 g/mol. The Morgan fingerprint density at radius 3 is 2.44 bits per heavy atom. The Balaban J connectivity index is 1.95. The molecule has 1 unspecified atom stereocenters. The molecule has 1 fully saturated rings. The van der Waals surface area contributed by atoms with E-state index in [-0.39, 0.29) is 5.60 Å². The highest BCUT2D eigenvalue weighted by atomic mass is 79.9. The van der Waals surface area contributed by atoms with Gasteiger partial charge < -0.3 is 9.29 Å². The highest BCUT2D eigenvalue weighted by Gasteiger charge is 2.47. The van der Waals surface area contributed by atoms with E-state index in [1.54, 1.807) is 0 Å². The minimum atomic E-state index is -1.36. The first-order valence-electron chi connectivity index (χ1n) is 8.91. The van der Waals surface area contributed by atoms with Crippen molar-refractivity contribution in [2.45, 2.75) is 69.6 Å². The van der Waals surface area contributed by atoms with Gasteiger partial charge in [-0.3, -0.25) is 0 Å². The first-order chi connectivity index (χ1) is 11.7. The van der Waals surface area contributed by atoms with Crippen molar-refractivity contribution in [2.75, 3.05) is 7.11 Å². The molecule has 0 N–H and O–H groups in total. The fraction of sp³-hybridized carbons (Fsp3) is 0.650. The summed E-state index contributed by atoms with van der Waals surface area (Å²) in [7, 11) is 1.83. The Morgan fingerprint density at radius 1 is 1.24 bits per heavy atom. The van der Waals surface area contributed by atoms with Crippen LogP contribution < -0.4 is 0 Å². The molecular formula is C20H28BrNO2S. The van der Waals surface area contributed by atoms with E-state index in [4.69, 9.17) is 4.74 Å². The Hall–Kier alpha value is -0.360. The third-order valence-electron chi connectivity index (χ3n) is 6.49. The lowest BCUT2D eigenvalue weighted by molar-refractivity contribution is -0.0516. The predicted octanol–water partition coefficient (Wildman–Crippen LogP) is 5.11. The maximum Gasteiger partial charge on any atom is 0.173 e. The molecule has 1 aromatic rings. The minimum absolute atomic E-state index is 0.0248. The van der Waals surface area contributed by atoms with Gasteiger partial charge in [0.25, 0.3) is 0 Å². The lowest BCUT2D eigenvalue weighted by Gasteiger charge is -2.42. The van der Waals surface area contributed by atoms with Gasteiger partial charge in [0.15, 0.2) is 4.75 Å². The van der Waals surface area contributed by atoms with Gasteiger partial charge in [0.2, 0.25) is 0 Å². The number of hydrogen-bond acceptors (Lipinski definition) is 3. The standard InChI is InChI=1S/C20H28BrNO2S/c1-18(2,25(23)22-4)17-15-13-20(12-14(15)6-7-16(17)21)10-8-19(3,24-5)9-11-20/h6-7H,4,8-13H2,1-3,5H3/t19-,20-,25?. The van der Waals surface area contributed by atoms with Crippen molar-refractivity contribution in [2.24, 2.45) is 9.81 Å². The average molecular weight is 426 g/mol. The van der Waals surface area contributed by atoms with Crippen molar-refractivity contribution >= 4 is 34.0 Å². The minimum Gasteiger partial charge on any atom is -0.591 e. The normalized spacial score (nSPS) is 30.3. The molecule has 0 saturated heterocycles. The van der Waals surface area contributed by atoms with Crippen LogP contribution in [0.15, 0.2) is 21.0 Å². The van der Waals surface area contributed by atoms with Crippen LogP contribution in [0, 0.1) is 5.41 Å². The van der Waals surface area contributed by atoms with Crippen molar-refractivity contribution < 1.29 is 9.29 Å². The van der Waals surface area contributed by atoms with E-state index in [0.29, 0.717) is 5.41 Å². The Kier molecular flexibility index (Phi) is 5.17. The summed E-state index contributed by atoms with van der Waals surface area (Å²) in [5, 5.41) is 0. The Morgan fingerprint density at radius 2 is 1.88 bits per heavy atom. The fourth-order valence-corrected chi connectivity index (χ4v) is 6.37. The van der Waals surface area contributed by atoms with Crippen molar-refractivity contribution in [3.8, 4) is 0 Å². The number of ether oxygens (including phenoxy) is 1. The molecule has 1 saturated carbocycles. The summed E-state index contributed by atoms with van der Waals surface area (Å²) in [6.45, 7) is 9.75. The summed E-state index contributed by atoms with van der Waals surface area (Å²) < 4.78 is 22.6. The number of benzene rings is 1. The quantitative estimate of drug-likeness (QED) is 0.496. The van der Waals surface area contributed by atoms with Crippen LogP contribution in [0.3, 0.4) is 0 Å². The molecule has 3 nitrogen and oxygen atoms in total. The number of halogens is 1. The maximum absolute atomic E-state index is 12.5. The molecule has 25 heavy (non-hydrogen) atoms. The molecule has 0 aromatic heterocycles. The summed E-state index contributed by atoms with van der Waals surface area (Å²) in [6.07, 6.45) is 6.77. The lowest BCUT2D eigenvalue weighted by atomic mass is 9.67. The van der Waals surface area contributed by atoms with Gasteiger partial charge in [0.1, 0.15) is 11.4 Å². The van der Waals surface area contributed by atoms with Crippen LogP contribution in [0.1, 0.15) is 63.1 Å². The van der Waals surface area contributed by atoms with E-state index in [9.17, 15) is 4.55 Å². The van der Waals surface area contributed by atoms with Gasteiger partial charge in [0.05, 0.1) is 5.60 Å². The third kappa shape index (κ3) is 3.33. The second-order valence-electron chi connectivity index (χ2n) is 8.46. The van der Waals surface area contributed by atoms with Crippen LogP contribution in [0.25, 0.3) is 0 Å². The fourth-order valence-electron chi connectivity index (χ4n) is 4.64. The van der Waals surface area contributed by atoms with Crippen LogP contribution in [-0.4, -0.2) is 24.0 Å². The van der Waals surface area contributed by atoms with Gasteiger partial charge in [-0.1, -0.05) is 26.4 Å². The summed E-state index contributed by atoms with van der Waals surface area (Å²) in [5.74, 6) is 0. The number of hydrogen-bond donors (Lipinski definition) is 0. The number of rotatable bonds is 4. The molecule has 0 heterocycles. The molecule has 1 aromatic carbocycles. The van der Waals surface area contributed by atoms with Crippen LogP contribution >= 0.6 is 15.9 Å². The van der Waals surface area contributed by atoms with Crippen LogP contribution in [0.2, 0.25) is 0 Å². The van der Waals surface area contributed by atoms with Crippen molar-refractivity contribution in [1.29, 1.82) is 0 Å². The zero-order chi connectivity index (χ0) is 18.5. The molecule has 2 aliphatic carbocycles. The van der Waals surface area contributed by atoms with Gasteiger partial charge in [-0.05, 0) is 81.9 Å². The lowest BCUT2D eigenvalue weighted by Crippen LogP contribution is -2.38. The summed E-state index contributed by atoms with van der Waals surface area (Å²) in [4.78, 5) is 0. The molecule has 5 heteroatoms. The van der Waals surface area contributed by atoms with Crippen LogP contribution in [-0.2, 0) is 33.7 Å². The van der Waals surface area contributed by atoms with Gasteiger partial charge >= 0.3 is 0 Å². The highest BCUT2D eigenvalue weighted by molar-refractivity contribution is 9.10. The molecular weight excluding hydrogens is 398 g/mol. The van der Waals surface area contributed by atoms with Gasteiger partial charge in [-0.25, -0.2) is 0 Å². The molecule has 1 atom stereocenters. The predicted molar refractivity (Wildman–Crippen MR) is 109 cm³/mol. The number of methoxy groups -OCH3 is 1. The SMILES string of the molecule is C=N[S+]([O-])C(C)(C)c1c(Br)ccc2c1C[C@]1(CC[C@](C)(OC)CC1)C2. The summed E-state index contributed by atoms with van der Waals surface area (Å²) >= 11 is 2.35. The molecule has 2 aliphatic rings. The molecule has 0 radical (unpaired) electrons. The van der Waals surface area contributed by atoms with E-state index in [1.807, 2.05) is 21.0 Å². The largest absolute Gasteiger partial charge is 0.591 e. The van der Waals surface area contributed by atoms with E-state index in [2.05, 4.69) is 46.1 Å². The summed E-state index contributed by atoms with van der Waals surface area (Å²) in [5.41, 5.74) is 4.28. The van der Waals surface area contributed by atoms with Crippen molar-refractivity contribution in [3.05, 3.63) is 33.3 Å². The molecule has 1 spiro atoms. The van der Waals surface area contributed by atoms with Gasteiger partial charge in [-0.2, -0.15) is 0 Å². The van der Waals surface area contributed by atoms with Crippen LogP contribution in [0.5, 0.6) is 0 Å². The van der Waals surface area contributed by atoms with E-state index in [1.165, 1.54) is 24.0 Å². The summed E-state index contributed by atoms with van der Waals surface area (Å²) in [6, 6.07) is 4.35. The van der Waals surface area contributed by atoms with Crippen molar-refractivity contribution in [3.63, 3.8) is 0 Å². The van der Waals surface area contributed by atoms with Crippen LogP contribution in [0.4, 0.5) is 0 Å². The molecule has 138 valence electrons. The first kappa shape index (κ1) is 19.4. The maximum atomic E-state index is 12.5. The second kappa shape index (κ2) is 6.66. The van der Waals surface area contributed by atoms with Gasteiger partial charge in [-0.15, -0.1) is 0 Å².